The molecule has 3 aromatic carbocycles. The average molecular weight is 433 g/mol. The van der Waals surface area contributed by atoms with Gasteiger partial charge < -0.3 is 14.2 Å². The first kappa shape index (κ1) is 22.9. The zero-order chi connectivity index (χ0) is 23.0. The third-order valence-corrected chi connectivity index (χ3v) is 5.27. The predicted octanol–water partition coefficient (Wildman–Crippen LogP) is 4.56. The van der Waals surface area contributed by atoms with Gasteiger partial charge in [-0.25, -0.2) is 5.43 Å². The maximum Gasteiger partial charge on any atom is 0.277 e. The minimum atomic E-state index is -0.364. The van der Waals surface area contributed by atoms with Crippen LogP contribution < -0.4 is 19.6 Å². The van der Waals surface area contributed by atoms with Crippen LogP contribution in [-0.4, -0.2) is 32.9 Å². The Morgan fingerprint density at radius 3 is 2.25 bits per heavy atom. The minimum Gasteiger partial charge on any atom is -0.493 e. The number of nitrogens with zero attached hydrogens (tertiary/aromatic N) is 1. The van der Waals surface area contributed by atoms with E-state index in [9.17, 15) is 4.79 Å². The lowest BCUT2D eigenvalue weighted by Crippen LogP contribution is -2.24. The van der Waals surface area contributed by atoms with E-state index < -0.39 is 0 Å². The lowest BCUT2D eigenvalue weighted by Gasteiger charge is -2.26. The highest BCUT2D eigenvalue weighted by Crippen LogP contribution is 2.32. The molecule has 166 valence electrons. The molecule has 1 amide bonds. The van der Waals surface area contributed by atoms with Crippen molar-refractivity contribution in [1.82, 2.24) is 5.43 Å². The number of carbonyl (C=O) groups is 1. The standard InChI is InChI=1S/C26H28N2O4/c1-26(2,20-10-6-5-7-11-20)21-13-15-22(16-14-21)32-18-24(29)28-27-17-19-9-8-12-23(30-3)25(19)31-4/h5-17H,18H2,1-4H3,(H,28,29). The van der Waals surface area contributed by atoms with Crippen molar-refractivity contribution in [2.45, 2.75) is 19.3 Å². The summed E-state index contributed by atoms with van der Waals surface area (Å²) >= 11 is 0. The van der Waals surface area contributed by atoms with Gasteiger partial charge in [0.25, 0.3) is 5.91 Å². The Morgan fingerprint density at radius 2 is 1.59 bits per heavy atom. The number of hydrazone groups is 1. The van der Waals surface area contributed by atoms with Crippen molar-refractivity contribution in [1.29, 1.82) is 0 Å². The summed E-state index contributed by atoms with van der Waals surface area (Å²) in [5.41, 5.74) is 5.41. The van der Waals surface area contributed by atoms with Crippen LogP contribution in [-0.2, 0) is 10.2 Å². The average Bonchev–Trinajstić information content (AvgIpc) is 2.83. The van der Waals surface area contributed by atoms with Gasteiger partial charge in [-0.2, -0.15) is 5.10 Å². The number of ether oxygens (including phenoxy) is 3. The van der Waals surface area contributed by atoms with E-state index in [2.05, 4.69) is 36.5 Å². The number of amides is 1. The second-order valence-corrected chi connectivity index (χ2v) is 7.68. The molecule has 3 rings (SSSR count). The molecular formula is C26H28N2O4. The lowest BCUT2D eigenvalue weighted by molar-refractivity contribution is -0.123. The highest BCUT2D eigenvalue weighted by Gasteiger charge is 2.22. The van der Waals surface area contributed by atoms with Crippen molar-refractivity contribution >= 4 is 12.1 Å². The van der Waals surface area contributed by atoms with Crippen molar-refractivity contribution in [2.24, 2.45) is 5.10 Å². The molecule has 3 aromatic rings. The number of para-hydroxylation sites is 1. The van der Waals surface area contributed by atoms with Crippen LogP contribution in [0.25, 0.3) is 0 Å². The highest BCUT2D eigenvalue weighted by molar-refractivity contribution is 5.86. The Morgan fingerprint density at radius 1 is 0.906 bits per heavy atom. The Kier molecular flexibility index (Phi) is 7.49. The molecule has 0 saturated heterocycles. The molecule has 6 nitrogen and oxygen atoms in total. The first-order valence-corrected chi connectivity index (χ1v) is 10.3. The van der Waals surface area contributed by atoms with Gasteiger partial charge in [-0.05, 0) is 35.4 Å². The molecule has 0 heterocycles. The smallest absolute Gasteiger partial charge is 0.277 e. The van der Waals surface area contributed by atoms with E-state index in [4.69, 9.17) is 14.2 Å². The van der Waals surface area contributed by atoms with Gasteiger partial charge in [0.05, 0.1) is 20.4 Å². The zero-order valence-corrected chi connectivity index (χ0v) is 18.8. The quantitative estimate of drug-likeness (QED) is 0.398. The zero-order valence-electron chi connectivity index (χ0n) is 18.8. The Bertz CT molecular complexity index is 1060. The van der Waals surface area contributed by atoms with E-state index in [1.807, 2.05) is 54.6 Å². The molecule has 0 aliphatic carbocycles. The first-order chi connectivity index (χ1) is 15.5. The Labute approximate surface area is 188 Å². The fourth-order valence-electron chi connectivity index (χ4n) is 3.36. The summed E-state index contributed by atoms with van der Waals surface area (Å²) in [6.07, 6.45) is 1.50. The van der Waals surface area contributed by atoms with Gasteiger partial charge in [0.15, 0.2) is 18.1 Å². The van der Waals surface area contributed by atoms with Crippen molar-refractivity contribution < 1.29 is 19.0 Å². The molecule has 1 N–H and O–H groups in total. The third-order valence-electron chi connectivity index (χ3n) is 5.27. The second kappa shape index (κ2) is 10.5. The molecule has 0 fully saturated rings. The SMILES string of the molecule is COc1cccc(C=NNC(=O)COc2ccc(C(C)(C)c3ccccc3)cc2)c1OC. The van der Waals surface area contributed by atoms with E-state index in [0.717, 1.165) is 5.56 Å². The highest BCUT2D eigenvalue weighted by atomic mass is 16.5. The Balaban J connectivity index is 1.55. The van der Waals surface area contributed by atoms with E-state index in [-0.39, 0.29) is 17.9 Å². The fourth-order valence-corrected chi connectivity index (χ4v) is 3.36. The molecule has 32 heavy (non-hydrogen) atoms. The van der Waals surface area contributed by atoms with Crippen LogP contribution in [0.2, 0.25) is 0 Å². The molecular weight excluding hydrogens is 404 g/mol. The fraction of sp³-hybridized carbons (Fsp3) is 0.231. The van der Waals surface area contributed by atoms with Crippen molar-refractivity contribution in [3.05, 3.63) is 89.5 Å². The van der Waals surface area contributed by atoms with E-state index in [1.54, 1.807) is 20.3 Å². The van der Waals surface area contributed by atoms with E-state index >= 15 is 0 Å². The van der Waals surface area contributed by atoms with Crippen LogP contribution in [0.5, 0.6) is 17.2 Å². The predicted molar refractivity (Wildman–Crippen MR) is 126 cm³/mol. The van der Waals surface area contributed by atoms with Gasteiger partial charge in [0, 0.05) is 11.0 Å². The molecule has 0 atom stereocenters. The number of carbonyl (C=O) groups excluding carboxylic acids is 1. The number of methoxy groups -OCH3 is 2. The summed E-state index contributed by atoms with van der Waals surface area (Å²) in [5.74, 6) is 1.38. The molecule has 0 bridgehead atoms. The number of hydrogen-bond donors (Lipinski definition) is 1. The minimum absolute atomic E-state index is 0.132. The monoisotopic (exact) mass is 432 g/mol. The van der Waals surface area contributed by atoms with Crippen molar-refractivity contribution in [2.75, 3.05) is 20.8 Å². The number of hydrogen-bond acceptors (Lipinski definition) is 5. The first-order valence-electron chi connectivity index (χ1n) is 10.3. The van der Waals surface area contributed by atoms with Crippen molar-refractivity contribution in [3.63, 3.8) is 0 Å². The van der Waals surface area contributed by atoms with Crippen molar-refractivity contribution in [3.8, 4) is 17.2 Å². The summed E-state index contributed by atoms with van der Waals surface area (Å²) in [4.78, 5) is 12.1. The second-order valence-electron chi connectivity index (χ2n) is 7.68. The molecule has 0 radical (unpaired) electrons. The molecule has 0 spiro atoms. The van der Waals surface area contributed by atoms with Crippen LogP contribution in [0.4, 0.5) is 0 Å². The summed E-state index contributed by atoms with van der Waals surface area (Å²) in [7, 11) is 3.11. The normalized spacial score (nSPS) is 11.2. The maximum atomic E-state index is 12.1. The molecule has 0 saturated carbocycles. The summed E-state index contributed by atoms with van der Waals surface area (Å²) in [6, 6.07) is 23.5. The van der Waals surface area contributed by atoms with Gasteiger partial charge in [0.2, 0.25) is 0 Å². The molecule has 0 unspecified atom stereocenters. The van der Waals surface area contributed by atoms with E-state index in [1.165, 1.54) is 11.8 Å². The van der Waals surface area contributed by atoms with Crippen LogP contribution in [0.1, 0.15) is 30.5 Å². The molecule has 0 aromatic heterocycles. The van der Waals surface area contributed by atoms with E-state index in [0.29, 0.717) is 22.8 Å². The summed E-state index contributed by atoms with van der Waals surface area (Å²) in [6.45, 7) is 4.22. The largest absolute Gasteiger partial charge is 0.493 e. The number of benzene rings is 3. The number of nitrogens with one attached hydrogen (secondary N) is 1. The number of rotatable bonds is 9. The van der Waals surface area contributed by atoms with Crippen LogP contribution in [0.15, 0.2) is 77.9 Å². The summed E-state index contributed by atoms with van der Waals surface area (Å²) in [5, 5.41) is 3.98. The van der Waals surface area contributed by atoms with Crippen LogP contribution in [0.3, 0.4) is 0 Å². The van der Waals surface area contributed by atoms with Gasteiger partial charge in [-0.15, -0.1) is 0 Å². The van der Waals surface area contributed by atoms with Gasteiger partial charge in [-0.1, -0.05) is 62.4 Å². The van der Waals surface area contributed by atoms with Crippen LogP contribution in [0, 0.1) is 0 Å². The van der Waals surface area contributed by atoms with Crippen LogP contribution >= 0.6 is 0 Å². The molecule has 6 heteroatoms. The van der Waals surface area contributed by atoms with Gasteiger partial charge in [-0.3, -0.25) is 4.79 Å². The maximum absolute atomic E-state index is 12.1. The molecule has 0 aliphatic rings. The van der Waals surface area contributed by atoms with Gasteiger partial charge >= 0.3 is 0 Å². The Hall–Kier alpha value is -3.80. The third kappa shape index (κ3) is 5.46. The van der Waals surface area contributed by atoms with Gasteiger partial charge in [0.1, 0.15) is 5.75 Å². The summed E-state index contributed by atoms with van der Waals surface area (Å²) < 4.78 is 16.2. The lowest BCUT2D eigenvalue weighted by atomic mass is 9.78. The molecule has 0 aliphatic heterocycles. The topological polar surface area (TPSA) is 69.2 Å².